The summed E-state index contributed by atoms with van der Waals surface area (Å²) in [6.45, 7) is 1.95. The molecule has 0 saturated heterocycles. The van der Waals surface area contributed by atoms with Gasteiger partial charge in [-0.15, -0.1) is 11.3 Å². The van der Waals surface area contributed by atoms with E-state index >= 15 is 0 Å². The number of aryl methyl sites for hydroxylation is 1. The highest BCUT2D eigenvalue weighted by molar-refractivity contribution is 7.91. The molecular weight excluding hydrogens is 250 g/mol. The number of ether oxygens (including phenoxy) is 2. The summed E-state index contributed by atoms with van der Waals surface area (Å²) in [5.41, 5.74) is 0. The van der Waals surface area contributed by atoms with Gasteiger partial charge in [0.1, 0.15) is 4.21 Å². The van der Waals surface area contributed by atoms with Gasteiger partial charge in [0.05, 0.1) is 6.54 Å². The van der Waals surface area contributed by atoms with Gasteiger partial charge in [-0.25, -0.2) is 13.1 Å². The molecule has 1 rings (SSSR count). The molecule has 0 aromatic carbocycles. The Bertz CT molecular complexity index is 422. The first kappa shape index (κ1) is 13.6. The highest BCUT2D eigenvalue weighted by Gasteiger charge is 2.17. The smallest absolute Gasteiger partial charge is 0.250 e. The van der Waals surface area contributed by atoms with E-state index in [1.807, 2.05) is 6.92 Å². The number of nitrogens with one attached hydrogen (secondary N) is 1. The average Bonchev–Trinajstić information content (AvgIpc) is 2.67. The van der Waals surface area contributed by atoms with Crippen molar-refractivity contribution in [1.29, 1.82) is 0 Å². The minimum atomic E-state index is -3.45. The fourth-order valence-corrected chi connectivity index (χ4v) is 3.41. The van der Waals surface area contributed by atoms with E-state index in [9.17, 15) is 8.42 Å². The van der Waals surface area contributed by atoms with Crippen LogP contribution in [0.15, 0.2) is 16.3 Å². The fraction of sp³-hybridized carbons (Fsp3) is 0.556. The molecule has 1 aromatic heterocycles. The molecule has 1 aromatic rings. The van der Waals surface area contributed by atoms with Crippen LogP contribution in [0.2, 0.25) is 0 Å². The van der Waals surface area contributed by atoms with Crippen molar-refractivity contribution in [2.45, 2.75) is 17.4 Å². The van der Waals surface area contributed by atoms with Crippen molar-refractivity contribution in [3.05, 3.63) is 17.0 Å². The van der Waals surface area contributed by atoms with E-state index in [0.29, 0.717) is 4.21 Å². The second kappa shape index (κ2) is 5.74. The molecule has 0 saturated carbocycles. The van der Waals surface area contributed by atoms with E-state index in [1.54, 1.807) is 12.1 Å². The Kier molecular flexibility index (Phi) is 4.88. The molecule has 5 nitrogen and oxygen atoms in total. The third-order valence-corrected chi connectivity index (χ3v) is 4.86. The lowest BCUT2D eigenvalue weighted by molar-refractivity contribution is -0.0960. The van der Waals surface area contributed by atoms with E-state index in [4.69, 9.17) is 9.47 Å². The molecular formula is C9H15NO4S2. The highest BCUT2D eigenvalue weighted by Crippen LogP contribution is 2.20. The second-order valence-electron chi connectivity index (χ2n) is 3.12. The maximum atomic E-state index is 11.8. The summed E-state index contributed by atoms with van der Waals surface area (Å²) in [6.07, 6.45) is -0.573. The van der Waals surface area contributed by atoms with E-state index in [0.717, 1.165) is 4.88 Å². The molecule has 16 heavy (non-hydrogen) atoms. The van der Waals surface area contributed by atoms with Crippen LogP contribution in [0.4, 0.5) is 0 Å². The summed E-state index contributed by atoms with van der Waals surface area (Å²) in [7, 11) is -0.534. The topological polar surface area (TPSA) is 64.6 Å². The summed E-state index contributed by atoms with van der Waals surface area (Å²) >= 11 is 1.23. The molecule has 0 fully saturated rings. The van der Waals surface area contributed by atoms with Crippen molar-refractivity contribution in [3.63, 3.8) is 0 Å². The Morgan fingerprint density at radius 1 is 1.38 bits per heavy atom. The SMILES string of the molecule is COC(CNS(=O)(=O)c1ccc(C)s1)OC. The van der Waals surface area contributed by atoms with Gasteiger partial charge in [0.2, 0.25) is 10.0 Å². The summed E-state index contributed by atoms with van der Waals surface area (Å²) in [5.74, 6) is 0. The van der Waals surface area contributed by atoms with E-state index in [-0.39, 0.29) is 6.54 Å². The zero-order valence-electron chi connectivity index (χ0n) is 9.39. The van der Waals surface area contributed by atoms with Crippen LogP contribution < -0.4 is 4.72 Å². The largest absolute Gasteiger partial charge is 0.355 e. The maximum absolute atomic E-state index is 11.8. The third-order valence-electron chi connectivity index (χ3n) is 1.95. The normalized spacial score (nSPS) is 12.2. The van der Waals surface area contributed by atoms with Gasteiger partial charge in [-0.3, -0.25) is 0 Å². The quantitative estimate of drug-likeness (QED) is 0.778. The van der Waals surface area contributed by atoms with Gasteiger partial charge in [0.15, 0.2) is 6.29 Å². The Morgan fingerprint density at radius 2 is 2.00 bits per heavy atom. The Morgan fingerprint density at radius 3 is 2.44 bits per heavy atom. The van der Waals surface area contributed by atoms with Gasteiger partial charge < -0.3 is 9.47 Å². The van der Waals surface area contributed by atoms with Crippen molar-refractivity contribution in [1.82, 2.24) is 4.72 Å². The first-order valence-electron chi connectivity index (χ1n) is 4.61. The maximum Gasteiger partial charge on any atom is 0.250 e. The number of sulfonamides is 1. The molecule has 0 bridgehead atoms. The van der Waals surface area contributed by atoms with Crippen LogP contribution in [0.25, 0.3) is 0 Å². The first-order valence-corrected chi connectivity index (χ1v) is 6.91. The fourth-order valence-electron chi connectivity index (χ4n) is 1.07. The van der Waals surface area contributed by atoms with Crippen molar-refractivity contribution < 1.29 is 17.9 Å². The molecule has 0 unspecified atom stereocenters. The van der Waals surface area contributed by atoms with Crippen LogP contribution in [-0.2, 0) is 19.5 Å². The average molecular weight is 265 g/mol. The summed E-state index contributed by atoms with van der Waals surface area (Å²) < 4.78 is 36.0. The zero-order valence-corrected chi connectivity index (χ0v) is 11.0. The predicted molar refractivity (Wildman–Crippen MR) is 62.1 cm³/mol. The van der Waals surface area contributed by atoms with Gasteiger partial charge in [-0.2, -0.15) is 0 Å². The molecule has 92 valence electrons. The lowest BCUT2D eigenvalue weighted by Gasteiger charge is -2.13. The lowest BCUT2D eigenvalue weighted by Crippen LogP contribution is -2.33. The van der Waals surface area contributed by atoms with Gasteiger partial charge >= 0.3 is 0 Å². The molecule has 1 heterocycles. The van der Waals surface area contributed by atoms with E-state index in [1.165, 1.54) is 25.6 Å². The standard InChI is InChI=1S/C9H15NO4S2/c1-7-4-5-9(15-7)16(11,12)10-6-8(13-2)14-3/h4-5,8,10H,6H2,1-3H3. The monoisotopic (exact) mass is 265 g/mol. The van der Waals surface area contributed by atoms with Crippen molar-refractivity contribution >= 4 is 21.4 Å². The number of rotatable bonds is 6. The van der Waals surface area contributed by atoms with Gasteiger partial charge in [0, 0.05) is 19.1 Å². The summed E-state index contributed by atoms with van der Waals surface area (Å²) in [6, 6.07) is 3.35. The Labute approximate surface area is 99.4 Å². The van der Waals surface area contributed by atoms with E-state index < -0.39 is 16.3 Å². The number of hydrogen-bond donors (Lipinski definition) is 1. The van der Waals surface area contributed by atoms with Crippen molar-refractivity contribution in [2.75, 3.05) is 20.8 Å². The van der Waals surface area contributed by atoms with Crippen molar-refractivity contribution in [2.24, 2.45) is 0 Å². The van der Waals surface area contributed by atoms with Gasteiger partial charge in [0.25, 0.3) is 0 Å². The number of thiophene rings is 1. The molecule has 7 heteroatoms. The van der Waals surface area contributed by atoms with Crippen LogP contribution in [0.1, 0.15) is 4.88 Å². The molecule has 0 radical (unpaired) electrons. The molecule has 0 amide bonds. The van der Waals surface area contributed by atoms with Gasteiger partial charge in [-0.05, 0) is 19.1 Å². The molecule has 0 spiro atoms. The van der Waals surface area contributed by atoms with Crippen LogP contribution in [-0.4, -0.2) is 35.5 Å². The van der Waals surface area contributed by atoms with Crippen LogP contribution in [0.3, 0.4) is 0 Å². The minimum Gasteiger partial charge on any atom is -0.355 e. The Hall–Kier alpha value is -0.470. The predicted octanol–water partition coefficient (Wildman–Crippen LogP) is 0.954. The molecule has 0 aliphatic carbocycles. The summed E-state index contributed by atoms with van der Waals surface area (Å²) in [4.78, 5) is 0.954. The number of hydrogen-bond acceptors (Lipinski definition) is 5. The van der Waals surface area contributed by atoms with Crippen LogP contribution >= 0.6 is 11.3 Å². The Balaban J connectivity index is 2.66. The second-order valence-corrected chi connectivity index (χ2v) is 6.40. The van der Waals surface area contributed by atoms with Crippen molar-refractivity contribution in [3.8, 4) is 0 Å². The summed E-state index contributed by atoms with van der Waals surface area (Å²) in [5, 5.41) is 0. The van der Waals surface area contributed by atoms with Crippen LogP contribution in [0.5, 0.6) is 0 Å². The van der Waals surface area contributed by atoms with Crippen LogP contribution in [0, 0.1) is 6.92 Å². The first-order chi connectivity index (χ1) is 7.49. The molecule has 0 atom stereocenters. The van der Waals surface area contributed by atoms with E-state index in [2.05, 4.69) is 4.72 Å². The number of methoxy groups -OCH3 is 2. The molecule has 1 N–H and O–H groups in total. The highest BCUT2D eigenvalue weighted by atomic mass is 32.2. The zero-order chi connectivity index (χ0) is 12.2. The molecule has 0 aliphatic rings. The third kappa shape index (κ3) is 3.53. The van der Waals surface area contributed by atoms with Gasteiger partial charge in [-0.1, -0.05) is 0 Å². The minimum absolute atomic E-state index is 0.0896. The lowest BCUT2D eigenvalue weighted by atomic mass is 10.5. The molecule has 0 aliphatic heterocycles.